The molecule has 0 aliphatic heterocycles. The van der Waals surface area contributed by atoms with E-state index in [1.807, 2.05) is 12.1 Å². The monoisotopic (exact) mass is 656 g/mol. The SMILES string of the molecule is C1=CCCC(n2c(-c3cc(-c4nc5ccccc5n4-c4ccccc4)cc(-c4nc5ccccc5n4-c4ccccc4)c3)nc3ccccc32)=C1. The van der Waals surface area contributed by atoms with Gasteiger partial charge in [0, 0.05) is 33.8 Å². The van der Waals surface area contributed by atoms with Gasteiger partial charge in [0.25, 0.3) is 0 Å². The summed E-state index contributed by atoms with van der Waals surface area (Å²) in [5.41, 5.74) is 12.3. The minimum atomic E-state index is 0.857. The van der Waals surface area contributed by atoms with Gasteiger partial charge in [-0.2, -0.15) is 0 Å². The number of benzene rings is 6. The average molecular weight is 657 g/mol. The molecule has 3 heterocycles. The van der Waals surface area contributed by atoms with Crippen molar-refractivity contribution in [3.63, 3.8) is 0 Å². The van der Waals surface area contributed by atoms with E-state index in [0.29, 0.717) is 0 Å². The Labute approximate surface area is 294 Å². The zero-order valence-corrected chi connectivity index (χ0v) is 27.8. The molecule has 6 nitrogen and oxygen atoms in total. The van der Waals surface area contributed by atoms with Gasteiger partial charge in [0.2, 0.25) is 0 Å². The highest BCUT2D eigenvalue weighted by atomic mass is 15.1. The van der Waals surface area contributed by atoms with Crippen LogP contribution in [0.4, 0.5) is 0 Å². The molecule has 0 spiro atoms. The number of allylic oxidation sites excluding steroid dienone is 4. The van der Waals surface area contributed by atoms with E-state index in [-0.39, 0.29) is 0 Å². The van der Waals surface area contributed by atoms with Crippen molar-refractivity contribution >= 4 is 38.8 Å². The first-order valence-electron chi connectivity index (χ1n) is 17.4. The van der Waals surface area contributed by atoms with E-state index in [1.54, 1.807) is 0 Å². The molecule has 1 aliphatic rings. The van der Waals surface area contributed by atoms with Crippen LogP contribution in [0.5, 0.6) is 0 Å². The van der Waals surface area contributed by atoms with Gasteiger partial charge in [-0.3, -0.25) is 13.7 Å². The summed E-state index contributed by atoms with van der Waals surface area (Å²) in [7, 11) is 0. The summed E-state index contributed by atoms with van der Waals surface area (Å²) in [4.78, 5) is 15.9. The maximum Gasteiger partial charge on any atom is 0.145 e. The molecule has 6 aromatic carbocycles. The number of imidazole rings is 3. The Kier molecular flexibility index (Phi) is 6.84. The number of hydrogen-bond acceptors (Lipinski definition) is 3. The van der Waals surface area contributed by atoms with Crippen LogP contribution in [0.2, 0.25) is 0 Å². The third-order valence-electron chi connectivity index (χ3n) is 9.70. The quantitative estimate of drug-likeness (QED) is 0.179. The van der Waals surface area contributed by atoms with Crippen molar-refractivity contribution in [2.75, 3.05) is 0 Å². The lowest BCUT2D eigenvalue weighted by molar-refractivity contribution is 0.960. The first-order valence-corrected chi connectivity index (χ1v) is 17.4. The molecule has 0 saturated carbocycles. The summed E-state index contributed by atoms with van der Waals surface area (Å²) in [6.45, 7) is 0. The van der Waals surface area contributed by atoms with Crippen LogP contribution in [-0.2, 0) is 0 Å². The second-order valence-corrected chi connectivity index (χ2v) is 12.9. The third kappa shape index (κ3) is 4.91. The highest BCUT2D eigenvalue weighted by Crippen LogP contribution is 2.39. The topological polar surface area (TPSA) is 53.5 Å². The molecule has 1 aliphatic carbocycles. The molecule has 0 amide bonds. The van der Waals surface area contributed by atoms with Crippen molar-refractivity contribution in [3.05, 3.63) is 170 Å². The van der Waals surface area contributed by atoms with E-state index in [9.17, 15) is 0 Å². The molecule has 0 unspecified atom stereocenters. The van der Waals surface area contributed by atoms with Crippen LogP contribution in [-0.4, -0.2) is 28.7 Å². The molecule has 242 valence electrons. The summed E-state index contributed by atoms with van der Waals surface area (Å²) in [5, 5.41) is 0. The Morgan fingerprint density at radius 2 is 0.804 bits per heavy atom. The van der Waals surface area contributed by atoms with Crippen LogP contribution >= 0.6 is 0 Å². The second kappa shape index (κ2) is 12.0. The van der Waals surface area contributed by atoms with Crippen LogP contribution in [0.1, 0.15) is 12.8 Å². The number of fused-ring (bicyclic) bond motifs is 3. The smallest absolute Gasteiger partial charge is 0.145 e. The van der Waals surface area contributed by atoms with Crippen LogP contribution in [0.25, 0.3) is 84.3 Å². The summed E-state index contributed by atoms with van der Waals surface area (Å²) in [6.07, 6.45) is 8.53. The van der Waals surface area contributed by atoms with E-state index in [2.05, 4.69) is 171 Å². The number of para-hydroxylation sites is 8. The summed E-state index contributed by atoms with van der Waals surface area (Å²) in [5.74, 6) is 2.61. The molecule has 3 aromatic heterocycles. The molecule has 51 heavy (non-hydrogen) atoms. The molecule has 0 bridgehead atoms. The fourth-order valence-electron chi connectivity index (χ4n) is 7.42. The minimum absolute atomic E-state index is 0.857. The minimum Gasteiger partial charge on any atom is -0.296 e. The predicted molar refractivity (Wildman–Crippen MR) is 208 cm³/mol. The zero-order chi connectivity index (χ0) is 33.7. The Hall–Kier alpha value is -6.79. The van der Waals surface area contributed by atoms with Crippen LogP contribution < -0.4 is 0 Å². The van der Waals surface area contributed by atoms with Crippen molar-refractivity contribution in [3.8, 4) is 45.5 Å². The lowest BCUT2D eigenvalue weighted by Crippen LogP contribution is -2.03. The van der Waals surface area contributed by atoms with Crippen LogP contribution in [0, 0.1) is 0 Å². The summed E-state index contributed by atoms with van der Waals surface area (Å²) in [6, 6.07) is 52.8. The summed E-state index contributed by atoms with van der Waals surface area (Å²) < 4.78 is 6.85. The second-order valence-electron chi connectivity index (χ2n) is 12.9. The maximum atomic E-state index is 5.32. The predicted octanol–water partition coefficient (Wildman–Crippen LogP) is 10.9. The maximum absolute atomic E-state index is 5.32. The number of nitrogens with zero attached hydrogens (tertiary/aromatic N) is 6. The average Bonchev–Trinajstić information content (AvgIpc) is 3.91. The Morgan fingerprint density at radius 3 is 1.24 bits per heavy atom. The van der Waals surface area contributed by atoms with Crippen molar-refractivity contribution in [2.24, 2.45) is 0 Å². The van der Waals surface area contributed by atoms with E-state index in [1.165, 1.54) is 5.70 Å². The van der Waals surface area contributed by atoms with Crippen molar-refractivity contribution in [1.82, 2.24) is 28.7 Å². The van der Waals surface area contributed by atoms with Crippen LogP contribution in [0.3, 0.4) is 0 Å². The number of rotatable bonds is 6. The fourth-order valence-corrected chi connectivity index (χ4v) is 7.42. The first kappa shape index (κ1) is 29.2. The van der Waals surface area contributed by atoms with Gasteiger partial charge in [-0.1, -0.05) is 84.9 Å². The molecule has 0 fully saturated rings. The van der Waals surface area contributed by atoms with Gasteiger partial charge < -0.3 is 0 Å². The lowest BCUT2D eigenvalue weighted by Gasteiger charge is -2.17. The lowest BCUT2D eigenvalue weighted by atomic mass is 10.0. The molecule has 10 rings (SSSR count). The van der Waals surface area contributed by atoms with E-state index in [0.717, 1.165) is 91.5 Å². The van der Waals surface area contributed by atoms with E-state index < -0.39 is 0 Å². The molecule has 0 saturated heterocycles. The standard InChI is InChI=1S/C45H32N6/c1-4-16-34(17-5-1)49-40-25-13-10-22-37(40)46-43(49)31-28-32(44-47-38-23-11-14-26-41(38)50(44)35-18-6-2-7-19-35)30-33(29-31)45-48-39-24-12-15-27-42(39)51(45)36-20-8-3-9-21-36/h1-8,10-20,22-30H,9,21H2. The third-order valence-corrected chi connectivity index (χ3v) is 9.70. The number of hydrogen-bond donors (Lipinski definition) is 0. The largest absolute Gasteiger partial charge is 0.296 e. The van der Waals surface area contributed by atoms with Crippen LogP contribution in [0.15, 0.2) is 170 Å². The first-order chi connectivity index (χ1) is 25.3. The number of aromatic nitrogens is 6. The zero-order valence-electron chi connectivity index (χ0n) is 27.8. The van der Waals surface area contributed by atoms with Crippen molar-refractivity contribution in [1.29, 1.82) is 0 Å². The Morgan fingerprint density at radius 1 is 0.412 bits per heavy atom. The molecular formula is C45H32N6. The fraction of sp³-hybridized carbons (Fsp3) is 0.0444. The van der Waals surface area contributed by atoms with Gasteiger partial charge in [0.05, 0.1) is 33.1 Å². The van der Waals surface area contributed by atoms with Gasteiger partial charge in [0.1, 0.15) is 17.5 Å². The van der Waals surface area contributed by atoms with Crippen molar-refractivity contribution in [2.45, 2.75) is 12.8 Å². The van der Waals surface area contributed by atoms with Gasteiger partial charge in [-0.25, -0.2) is 15.0 Å². The van der Waals surface area contributed by atoms with E-state index >= 15 is 0 Å². The molecule has 0 N–H and O–H groups in total. The normalized spacial score (nSPS) is 13.0. The van der Waals surface area contributed by atoms with Gasteiger partial charge in [-0.05, 0) is 97.8 Å². The highest BCUT2D eigenvalue weighted by Gasteiger charge is 2.23. The molecule has 0 atom stereocenters. The Balaban J connectivity index is 1.31. The molecular weight excluding hydrogens is 625 g/mol. The highest BCUT2D eigenvalue weighted by molar-refractivity contribution is 5.91. The molecule has 0 radical (unpaired) electrons. The summed E-state index contributed by atoms with van der Waals surface area (Å²) >= 11 is 0. The van der Waals surface area contributed by atoms with Gasteiger partial charge >= 0.3 is 0 Å². The molecule has 9 aromatic rings. The van der Waals surface area contributed by atoms with Crippen molar-refractivity contribution < 1.29 is 0 Å². The Bertz CT molecular complexity index is 2660. The van der Waals surface area contributed by atoms with Gasteiger partial charge in [-0.15, -0.1) is 0 Å². The molecule has 6 heteroatoms. The van der Waals surface area contributed by atoms with Gasteiger partial charge in [0.15, 0.2) is 0 Å². The van der Waals surface area contributed by atoms with E-state index in [4.69, 9.17) is 15.0 Å².